The molecule has 0 aliphatic rings. The van der Waals surface area contributed by atoms with Gasteiger partial charge >= 0.3 is 0 Å². The van der Waals surface area contributed by atoms with Crippen LogP contribution in [0.1, 0.15) is 50.3 Å². The van der Waals surface area contributed by atoms with Gasteiger partial charge in [0, 0.05) is 9.27 Å². The Morgan fingerprint density at radius 3 is 1.58 bits per heavy atom. The zero-order valence-electron chi connectivity index (χ0n) is 8.81. The van der Waals surface area contributed by atoms with Gasteiger partial charge in [-0.1, -0.05) is 13.8 Å². The molecule has 0 heterocycles. The fourth-order valence-electron chi connectivity index (χ4n) is 0.492. The van der Waals surface area contributed by atoms with Crippen LogP contribution in [0.4, 0.5) is 0 Å². The van der Waals surface area contributed by atoms with Crippen LogP contribution < -0.4 is 0 Å². The molecule has 0 atom stereocenters. The maximum atomic E-state index is 10.3. The number of ketones is 2. The Balaban J connectivity index is -0.0000000733. The van der Waals surface area contributed by atoms with E-state index in [1.54, 1.807) is 6.92 Å². The molecule has 0 rings (SSSR count). The number of hydrogen-bond acceptors (Lipinski definition) is 2. The van der Waals surface area contributed by atoms with Crippen LogP contribution in [0.5, 0.6) is 0 Å². The highest BCUT2D eigenvalue weighted by atomic mass is 16.1. The summed E-state index contributed by atoms with van der Waals surface area (Å²) in [7, 11) is 0. The topological polar surface area (TPSA) is 34.1 Å². The second-order valence-electron chi connectivity index (χ2n) is 3.54. The van der Waals surface area contributed by atoms with E-state index >= 15 is 0 Å². The molecule has 76 valence electrons. The van der Waals surface area contributed by atoms with E-state index < -0.39 is 0 Å². The molecule has 0 fully saturated rings. The summed E-state index contributed by atoms with van der Waals surface area (Å²) < 4.78 is 0. The molecule has 0 radical (unpaired) electrons. The summed E-state index contributed by atoms with van der Waals surface area (Å²) in [5.41, 5.74) is 0. The molecule has 0 spiro atoms. The van der Waals surface area contributed by atoms with Gasteiger partial charge in [-0.3, -0.25) is 0 Å². The molecule has 0 saturated carbocycles. The van der Waals surface area contributed by atoms with Crippen LogP contribution in [0.3, 0.4) is 0 Å². The highest BCUT2D eigenvalue weighted by molar-refractivity contribution is 5.75. The largest absolute Gasteiger partial charge is 0.300 e. The average molecular weight is 176 g/mol. The van der Waals surface area contributed by atoms with Crippen molar-refractivity contribution in [3.8, 4) is 0 Å². The Labute approximate surface area is 78.3 Å². The van der Waals surface area contributed by atoms with E-state index in [0.717, 1.165) is 12.8 Å². The van der Waals surface area contributed by atoms with Crippen molar-refractivity contribution < 1.29 is 12.4 Å². The van der Waals surface area contributed by atoms with Gasteiger partial charge < -0.3 is 9.59 Å². The molecule has 0 aromatic rings. The zero-order valence-corrected chi connectivity index (χ0v) is 8.81. The predicted octanol–water partition coefficient (Wildman–Crippen LogP) is 3.10. The van der Waals surface area contributed by atoms with Crippen LogP contribution >= 0.6 is 0 Å². The predicted molar refractivity (Wildman–Crippen MR) is 55.3 cm³/mol. The van der Waals surface area contributed by atoms with E-state index in [2.05, 4.69) is 13.8 Å². The summed E-state index contributed by atoms with van der Waals surface area (Å²) >= 11 is 0. The maximum Gasteiger partial charge on any atom is 0.129 e. The second-order valence-corrected chi connectivity index (χ2v) is 3.54. The van der Waals surface area contributed by atoms with Crippen LogP contribution in [-0.2, 0) is 9.59 Å². The Morgan fingerprint density at radius 1 is 1.17 bits per heavy atom. The van der Waals surface area contributed by atoms with Crippen molar-refractivity contribution in [2.45, 2.75) is 47.5 Å². The molecule has 2 heteroatoms. The molecular weight excluding hydrogens is 152 g/mol. The van der Waals surface area contributed by atoms with Gasteiger partial charge in [0.05, 0.1) is 0 Å². The van der Waals surface area contributed by atoms with E-state index in [4.69, 9.17) is 0 Å². The van der Waals surface area contributed by atoms with Crippen molar-refractivity contribution >= 4 is 11.6 Å². The van der Waals surface area contributed by atoms with Gasteiger partial charge in [0.2, 0.25) is 0 Å². The lowest BCUT2D eigenvalue weighted by Crippen LogP contribution is -1.93. The summed E-state index contributed by atoms with van der Waals surface area (Å²) in [6, 6.07) is 0. The Hall–Kier alpha value is -0.660. The molecule has 0 unspecified atom stereocenters. The fourth-order valence-corrected chi connectivity index (χ4v) is 0.492. The minimum Gasteiger partial charge on any atom is -0.300 e. The quantitative estimate of drug-likeness (QED) is 0.662. The average Bonchev–Trinajstić information content (AvgIpc) is 1.82. The first-order chi connectivity index (χ1) is 5.36. The van der Waals surface area contributed by atoms with Crippen molar-refractivity contribution in [2.75, 3.05) is 0 Å². The van der Waals surface area contributed by atoms with Crippen molar-refractivity contribution in [3.63, 3.8) is 0 Å². The second kappa shape index (κ2) is 8.44. The first kappa shape index (κ1) is 13.9. The van der Waals surface area contributed by atoms with E-state index in [1.807, 2.05) is 0 Å². The van der Waals surface area contributed by atoms with E-state index in [9.17, 15) is 9.59 Å². The molecule has 0 aliphatic carbocycles. The number of Topliss-reactive ketones (excluding diaryl/α,β-unsaturated/α-hetero) is 2. The lowest BCUT2D eigenvalue weighted by Gasteiger charge is -1.98. The third kappa shape index (κ3) is 34.5. The third-order valence-corrected chi connectivity index (χ3v) is 1.07. The molecule has 0 saturated heterocycles. The molecule has 0 amide bonds. The van der Waals surface area contributed by atoms with Crippen molar-refractivity contribution in [3.05, 3.63) is 0 Å². The Kier molecular flexibility index (Phi) is 9.77. The standard InChI is InChI=1S/C7H14O.C3H6O.2H2/c1-6(2)4-5-7(3)8;1-3(2)4;;/h6H,4-5H2,1-3H3;1-2H3;2*1H. The fraction of sp³-hybridized carbons (Fsp3) is 0.800. The van der Waals surface area contributed by atoms with Gasteiger partial charge in [-0.05, 0) is 33.1 Å². The molecular formula is C10H24O2. The summed E-state index contributed by atoms with van der Waals surface area (Å²) in [5.74, 6) is 1.14. The van der Waals surface area contributed by atoms with Gasteiger partial charge in [-0.25, -0.2) is 0 Å². The highest BCUT2D eigenvalue weighted by Crippen LogP contribution is 2.02. The van der Waals surface area contributed by atoms with Gasteiger partial charge in [0.1, 0.15) is 11.6 Å². The molecule has 0 aromatic carbocycles. The minimum atomic E-state index is 0. The smallest absolute Gasteiger partial charge is 0.129 e. The minimum absolute atomic E-state index is 0. The van der Waals surface area contributed by atoms with Crippen molar-refractivity contribution in [2.24, 2.45) is 5.92 Å². The third-order valence-electron chi connectivity index (χ3n) is 1.07. The normalized spacial score (nSPS) is 8.83. The van der Waals surface area contributed by atoms with Crippen LogP contribution in [0, 0.1) is 5.92 Å². The number of hydrogen-bond donors (Lipinski definition) is 0. The Morgan fingerprint density at radius 2 is 1.50 bits per heavy atom. The lowest BCUT2D eigenvalue weighted by atomic mass is 10.1. The van der Waals surface area contributed by atoms with E-state index in [-0.39, 0.29) is 8.64 Å². The van der Waals surface area contributed by atoms with Gasteiger partial charge in [-0.2, -0.15) is 0 Å². The molecule has 0 aromatic heterocycles. The number of carbonyl (C=O) groups is 2. The van der Waals surface area contributed by atoms with Crippen molar-refractivity contribution in [1.82, 2.24) is 0 Å². The highest BCUT2D eigenvalue weighted by Gasteiger charge is 1.95. The summed E-state index contributed by atoms with van der Waals surface area (Å²) in [5, 5.41) is 0. The number of rotatable bonds is 3. The van der Waals surface area contributed by atoms with Gasteiger partial charge in [0.15, 0.2) is 0 Å². The summed E-state index contributed by atoms with van der Waals surface area (Å²) in [4.78, 5) is 19.8. The summed E-state index contributed by atoms with van der Waals surface area (Å²) in [6.45, 7) is 8.95. The Bertz CT molecular complexity index is 141. The molecule has 0 aliphatic heterocycles. The SMILES string of the molecule is CC(=O)CCC(C)C.CC(C)=O.[HH].[HH]. The van der Waals surface area contributed by atoms with Crippen LogP contribution in [0.2, 0.25) is 0 Å². The van der Waals surface area contributed by atoms with E-state index in [0.29, 0.717) is 11.7 Å². The van der Waals surface area contributed by atoms with E-state index in [1.165, 1.54) is 13.8 Å². The van der Waals surface area contributed by atoms with Crippen LogP contribution in [0.15, 0.2) is 0 Å². The zero-order chi connectivity index (χ0) is 10.1. The lowest BCUT2D eigenvalue weighted by molar-refractivity contribution is -0.117. The monoisotopic (exact) mass is 176 g/mol. The molecule has 0 bridgehead atoms. The summed E-state index contributed by atoms with van der Waals surface area (Å²) in [6.07, 6.45) is 1.78. The maximum absolute atomic E-state index is 10.3. The van der Waals surface area contributed by atoms with Gasteiger partial charge in [0.25, 0.3) is 0 Å². The molecule has 2 nitrogen and oxygen atoms in total. The van der Waals surface area contributed by atoms with Gasteiger partial charge in [-0.15, -0.1) is 0 Å². The molecule has 0 N–H and O–H groups in total. The van der Waals surface area contributed by atoms with Crippen molar-refractivity contribution in [1.29, 1.82) is 0 Å². The van der Waals surface area contributed by atoms with Crippen LogP contribution in [-0.4, -0.2) is 11.6 Å². The first-order valence-electron chi connectivity index (χ1n) is 4.32. The van der Waals surface area contributed by atoms with Crippen LogP contribution in [0.25, 0.3) is 0 Å². The number of carbonyl (C=O) groups excluding carboxylic acids is 2. The first-order valence-corrected chi connectivity index (χ1v) is 4.32. The molecule has 12 heavy (non-hydrogen) atoms.